The van der Waals surface area contributed by atoms with Gasteiger partial charge in [-0.05, 0) is 35.2 Å². The normalized spacial score (nSPS) is 15.2. The molecule has 1 aliphatic rings. The van der Waals surface area contributed by atoms with Crippen molar-refractivity contribution in [2.45, 2.75) is 13.5 Å². The highest BCUT2D eigenvalue weighted by Gasteiger charge is 2.22. The highest BCUT2D eigenvalue weighted by Crippen LogP contribution is 2.29. The molecule has 0 spiro atoms. The van der Waals surface area contributed by atoms with E-state index in [1.807, 2.05) is 13.0 Å². The van der Waals surface area contributed by atoms with Gasteiger partial charge in [-0.1, -0.05) is 48.0 Å². The molecule has 1 aliphatic heterocycles. The van der Waals surface area contributed by atoms with Crippen LogP contribution in [0.1, 0.15) is 11.1 Å². The summed E-state index contributed by atoms with van der Waals surface area (Å²) in [6, 6.07) is 14.6. The minimum atomic E-state index is -0.241. The fourth-order valence-corrected chi connectivity index (χ4v) is 3.34. The summed E-state index contributed by atoms with van der Waals surface area (Å²) in [5.41, 5.74) is 4.70. The fraction of sp³-hybridized carbons (Fsp3) is 0.350. The van der Waals surface area contributed by atoms with Crippen LogP contribution < -0.4 is 0 Å². The Hall–Kier alpha value is -2.04. The van der Waals surface area contributed by atoms with Crippen LogP contribution in [0.4, 0.5) is 4.79 Å². The summed E-state index contributed by atoms with van der Waals surface area (Å²) in [5, 5.41) is 0.791. The van der Waals surface area contributed by atoms with Gasteiger partial charge in [-0.25, -0.2) is 4.79 Å². The van der Waals surface area contributed by atoms with E-state index in [9.17, 15) is 4.79 Å². The summed E-state index contributed by atoms with van der Waals surface area (Å²) < 4.78 is 4.80. The SMILES string of the molecule is COC(=O)N1CCN(Cc2ccccc2-c2ccc(C)c(Cl)c2)CC1. The number of amides is 1. The van der Waals surface area contributed by atoms with Crippen LogP contribution in [0.15, 0.2) is 42.5 Å². The Morgan fingerprint density at radius 2 is 1.84 bits per heavy atom. The lowest BCUT2D eigenvalue weighted by atomic mass is 9.98. The van der Waals surface area contributed by atoms with E-state index in [4.69, 9.17) is 16.3 Å². The van der Waals surface area contributed by atoms with E-state index in [0.717, 1.165) is 35.8 Å². The zero-order valence-electron chi connectivity index (χ0n) is 14.7. The van der Waals surface area contributed by atoms with Gasteiger partial charge < -0.3 is 9.64 Å². The predicted molar refractivity (Wildman–Crippen MR) is 101 cm³/mol. The minimum absolute atomic E-state index is 0.241. The van der Waals surface area contributed by atoms with Crippen LogP contribution >= 0.6 is 11.6 Å². The Labute approximate surface area is 154 Å². The largest absolute Gasteiger partial charge is 0.453 e. The molecule has 2 aromatic carbocycles. The first-order valence-corrected chi connectivity index (χ1v) is 8.86. The van der Waals surface area contributed by atoms with Crippen LogP contribution in [0.3, 0.4) is 0 Å². The first-order valence-electron chi connectivity index (χ1n) is 8.48. The first-order chi connectivity index (χ1) is 12.1. The summed E-state index contributed by atoms with van der Waals surface area (Å²) in [6.07, 6.45) is -0.241. The van der Waals surface area contributed by atoms with Gasteiger partial charge in [0.25, 0.3) is 0 Å². The molecule has 0 aromatic heterocycles. The van der Waals surface area contributed by atoms with Gasteiger partial charge in [0.1, 0.15) is 0 Å². The van der Waals surface area contributed by atoms with Crippen molar-refractivity contribution in [1.82, 2.24) is 9.80 Å². The third-order valence-corrected chi connectivity index (χ3v) is 5.11. The average Bonchev–Trinajstić information content (AvgIpc) is 2.64. The molecule has 1 saturated heterocycles. The van der Waals surface area contributed by atoms with Gasteiger partial charge in [0.15, 0.2) is 0 Å². The van der Waals surface area contributed by atoms with Crippen LogP contribution in [-0.2, 0) is 11.3 Å². The fourth-order valence-electron chi connectivity index (χ4n) is 3.16. The molecule has 0 N–H and O–H groups in total. The van der Waals surface area contributed by atoms with Crippen LogP contribution in [0.25, 0.3) is 11.1 Å². The van der Waals surface area contributed by atoms with Crippen LogP contribution in [0.5, 0.6) is 0 Å². The Morgan fingerprint density at radius 3 is 2.52 bits per heavy atom. The number of carbonyl (C=O) groups excluding carboxylic acids is 1. The van der Waals surface area contributed by atoms with Crippen molar-refractivity contribution in [1.29, 1.82) is 0 Å². The van der Waals surface area contributed by atoms with Gasteiger partial charge in [0.2, 0.25) is 0 Å². The molecule has 1 heterocycles. The van der Waals surface area contributed by atoms with Crippen molar-refractivity contribution in [3.8, 4) is 11.1 Å². The van der Waals surface area contributed by atoms with Crippen molar-refractivity contribution in [3.05, 3.63) is 58.6 Å². The molecule has 0 atom stereocenters. The van der Waals surface area contributed by atoms with Crippen molar-refractivity contribution in [3.63, 3.8) is 0 Å². The minimum Gasteiger partial charge on any atom is -0.453 e. The van der Waals surface area contributed by atoms with Crippen LogP contribution in [0, 0.1) is 6.92 Å². The molecule has 1 amide bonds. The molecule has 2 aromatic rings. The summed E-state index contributed by atoms with van der Waals surface area (Å²) in [5.74, 6) is 0. The topological polar surface area (TPSA) is 32.8 Å². The zero-order valence-corrected chi connectivity index (χ0v) is 15.4. The smallest absolute Gasteiger partial charge is 0.409 e. The molecule has 5 heteroatoms. The Morgan fingerprint density at radius 1 is 1.12 bits per heavy atom. The van der Waals surface area contributed by atoms with Gasteiger partial charge in [-0.2, -0.15) is 0 Å². The maximum Gasteiger partial charge on any atom is 0.409 e. The number of halogens is 1. The van der Waals surface area contributed by atoms with Gasteiger partial charge in [-0.3, -0.25) is 4.90 Å². The molecule has 3 rings (SSSR count). The van der Waals surface area contributed by atoms with Gasteiger partial charge in [-0.15, -0.1) is 0 Å². The molecule has 0 unspecified atom stereocenters. The van der Waals surface area contributed by atoms with E-state index >= 15 is 0 Å². The zero-order chi connectivity index (χ0) is 17.8. The van der Waals surface area contributed by atoms with Crippen molar-refractivity contribution in [2.24, 2.45) is 0 Å². The van der Waals surface area contributed by atoms with Crippen molar-refractivity contribution >= 4 is 17.7 Å². The number of carbonyl (C=O) groups is 1. The molecule has 0 radical (unpaired) electrons. The second-order valence-corrected chi connectivity index (χ2v) is 6.76. The molecule has 132 valence electrons. The Kier molecular flexibility index (Phi) is 5.61. The Bertz CT molecular complexity index is 755. The van der Waals surface area contributed by atoms with Gasteiger partial charge in [0, 0.05) is 37.7 Å². The third-order valence-electron chi connectivity index (χ3n) is 4.70. The standard InChI is InChI=1S/C20H23ClN2O2/c1-15-7-8-16(13-19(15)21)18-6-4-3-5-17(18)14-22-9-11-23(12-10-22)20(24)25-2/h3-8,13H,9-12,14H2,1-2H3. The first kappa shape index (κ1) is 17.8. The summed E-state index contributed by atoms with van der Waals surface area (Å²) in [7, 11) is 1.43. The maximum atomic E-state index is 11.6. The highest BCUT2D eigenvalue weighted by molar-refractivity contribution is 6.31. The molecule has 0 aliphatic carbocycles. The molecule has 0 saturated carbocycles. The second-order valence-electron chi connectivity index (χ2n) is 6.35. The number of nitrogens with zero attached hydrogens (tertiary/aromatic N) is 2. The number of hydrogen-bond acceptors (Lipinski definition) is 3. The van der Waals surface area contributed by atoms with Crippen LogP contribution in [-0.4, -0.2) is 49.2 Å². The molecule has 1 fully saturated rings. The molecule has 4 nitrogen and oxygen atoms in total. The quantitative estimate of drug-likeness (QED) is 0.824. The molecular formula is C20H23ClN2O2. The van der Waals surface area contributed by atoms with Gasteiger partial charge in [0.05, 0.1) is 7.11 Å². The lowest BCUT2D eigenvalue weighted by molar-refractivity contribution is 0.0889. The Balaban J connectivity index is 1.74. The highest BCUT2D eigenvalue weighted by atomic mass is 35.5. The lowest BCUT2D eigenvalue weighted by Crippen LogP contribution is -2.48. The predicted octanol–water partition coefficient (Wildman–Crippen LogP) is 4.20. The maximum absolute atomic E-state index is 11.6. The van der Waals surface area contributed by atoms with E-state index in [0.29, 0.717) is 13.1 Å². The lowest BCUT2D eigenvalue weighted by Gasteiger charge is -2.34. The average molecular weight is 359 g/mol. The molecule has 0 bridgehead atoms. The third kappa shape index (κ3) is 4.14. The molecule has 25 heavy (non-hydrogen) atoms. The van der Waals surface area contributed by atoms with Crippen molar-refractivity contribution < 1.29 is 9.53 Å². The summed E-state index contributed by atoms with van der Waals surface area (Å²) >= 11 is 6.31. The van der Waals surface area contributed by atoms with Crippen LogP contribution in [0.2, 0.25) is 5.02 Å². The number of piperazine rings is 1. The molecular weight excluding hydrogens is 336 g/mol. The number of ether oxygens (including phenoxy) is 1. The van der Waals surface area contributed by atoms with Gasteiger partial charge >= 0.3 is 6.09 Å². The van der Waals surface area contributed by atoms with E-state index in [1.165, 1.54) is 18.2 Å². The number of methoxy groups -OCH3 is 1. The monoisotopic (exact) mass is 358 g/mol. The number of benzene rings is 2. The number of aryl methyl sites for hydroxylation is 1. The summed E-state index contributed by atoms with van der Waals surface area (Å²) in [4.78, 5) is 15.7. The number of rotatable bonds is 3. The van der Waals surface area contributed by atoms with Crippen molar-refractivity contribution in [2.75, 3.05) is 33.3 Å². The van der Waals surface area contributed by atoms with E-state index in [1.54, 1.807) is 4.90 Å². The number of hydrogen-bond donors (Lipinski definition) is 0. The van der Waals surface area contributed by atoms with E-state index in [-0.39, 0.29) is 6.09 Å². The van der Waals surface area contributed by atoms with E-state index in [2.05, 4.69) is 41.3 Å². The second kappa shape index (κ2) is 7.89. The summed E-state index contributed by atoms with van der Waals surface area (Å²) in [6.45, 7) is 5.96. The van der Waals surface area contributed by atoms with E-state index < -0.39 is 0 Å².